The van der Waals surface area contributed by atoms with E-state index in [1.807, 2.05) is 0 Å². The molecule has 0 amide bonds. The monoisotopic (exact) mass is 214 g/mol. The van der Waals surface area contributed by atoms with Crippen molar-refractivity contribution in [2.75, 3.05) is 0 Å². The maximum absolute atomic E-state index is 11.1. The Bertz CT molecular complexity index is 241. The van der Waals surface area contributed by atoms with Crippen LogP contribution in [-0.4, -0.2) is 24.3 Å². The first kappa shape index (κ1) is 13.3. The standard InChI is InChI=1S/C2HF3O4S.ClH/c3-2(4,5)1(6)10(7,8)9;/h(H,7,8,9);1H. The van der Waals surface area contributed by atoms with E-state index >= 15 is 0 Å². The van der Waals surface area contributed by atoms with E-state index < -0.39 is 21.4 Å². The molecule has 0 aromatic heterocycles. The largest absolute Gasteiger partial charge is 0.468 e. The van der Waals surface area contributed by atoms with Crippen LogP contribution in [0, 0.1) is 0 Å². The van der Waals surface area contributed by atoms with Gasteiger partial charge in [0.15, 0.2) is 0 Å². The fraction of sp³-hybridized carbons (Fsp3) is 0.500. The van der Waals surface area contributed by atoms with Gasteiger partial charge in [-0.2, -0.15) is 21.6 Å². The molecule has 1 N–H and O–H groups in total. The van der Waals surface area contributed by atoms with Gasteiger partial charge in [0, 0.05) is 0 Å². The van der Waals surface area contributed by atoms with Gasteiger partial charge in [-0.25, -0.2) is 0 Å². The number of carbonyl (C=O) groups is 1. The van der Waals surface area contributed by atoms with Gasteiger partial charge < -0.3 is 0 Å². The summed E-state index contributed by atoms with van der Waals surface area (Å²) in [6, 6.07) is 0. The molecule has 0 saturated carbocycles. The highest BCUT2D eigenvalue weighted by Crippen LogP contribution is 2.18. The van der Waals surface area contributed by atoms with Gasteiger partial charge >= 0.3 is 21.4 Å². The van der Waals surface area contributed by atoms with Crippen molar-refractivity contribution in [2.24, 2.45) is 0 Å². The summed E-state index contributed by atoms with van der Waals surface area (Å²) in [5.74, 6) is 0. The fourth-order valence-electron chi connectivity index (χ4n) is 0.146. The first-order valence-electron chi connectivity index (χ1n) is 1.74. The predicted molar refractivity (Wildman–Crippen MR) is 29.9 cm³/mol. The van der Waals surface area contributed by atoms with Crippen molar-refractivity contribution in [3.05, 3.63) is 0 Å². The lowest BCUT2D eigenvalue weighted by Crippen LogP contribution is -2.30. The molecule has 4 nitrogen and oxygen atoms in total. The van der Waals surface area contributed by atoms with E-state index in [4.69, 9.17) is 4.55 Å². The van der Waals surface area contributed by atoms with Gasteiger partial charge in [0.05, 0.1) is 0 Å². The maximum atomic E-state index is 11.1. The molecule has 0 aliphatic carbocycles. The summed E-state index contributed by atoms with van der Waals surface area (Å²) < 4.78 is 59.6. The highest BCUT2D eigenvalue weighted by molar-refractivity contribution is 8.01. The molecule has 0 radical (unpaired) electrons. The molecule has 0 aliphatic rings. The molecule has 0 spiro atoms. The number of rotatable bonds is 0. The Morgan fingerprint density at radius 2 is 1.55 bits per heavy atom. The predicted octanol–water partition coefficient (Wildman–Crippen LogP) is 0.385. The van der Waals surface area contributed by atoms with Crippen molar-refractivity contribution in [3.63, 3.8) is 0 Å². The van der Waals surface area contributed by atoms with E-state index in [0.717, 1.165) is 0 Å². The van der Waals surface area contributed by atoms with Crippen LogP contribution in [0.15, 0.2) is 0 Å². The van der Waals surface area contributed by atoms with Gasteiger partial charge in [-0.3, -0.25) is 9.35 Å². The van der Waals surface area contributed by atoms with Crippen LogP contribution in [0.25, 0.3) is 0 Å². The second-order valence-electron chi connectivity index (χ2n) is 1.26. The van der Waals surface area contributed by atoms with E-state index in [0.29, 0.717) is 0 Å². The minimum atomic E-state index is -5.62. The molecule has 0 heterocycles. The molecule has 0 rings (SSSR count). The SMILES string of the molecule is Cl.O=C(C(F)(F)F)S(=O)(=O)O. The average Bonchev–Trinajstić information content (AvgIpc) is 1.59. The summed E-state index contributed by atoms with van der Waals surface area (Å²) in [4.78, 5) is 9.52. The molecule has 68 valence electrons. The topological polar surface area (TPSA) is 71.4 Å². The first-order chi connectivity index (χ1) is 4.15. The van der Waals surface area contributed by atoms with Gasteiger partial charge in [0.1, 0.15) is 0 Å². The smallest absolute Gasteiger partial charge is 0.279 e. The summed E-state index contributed by atoms with van der Waals surface area (Å²) in [7, 11) is -5.62. The third kappa shape index (κ3) is 4.17. The molecule has 0 aliphatic heterocycles. The molecule has 0 fully saturated rings. The Morgan fingerprint density at radius 1 is 1.27 bits per heavy atom. The molecule has 9 heteroatoms. The fourth-order valence-corrected chi connectivity index (χ4v) is 0.439. The Hall–Kier alpha value is -0.340. The van der Waals surface area contributed by atoms with Crippen LogP contribution < -0.4 is 0 Å². The number of hydrogen-bond donors (Lipinski definition) is 1. The highest BCUT2D eigenvalue weighted by atomic mass is 35.5. The average molecular weight is 215 g/mol. The molecule has 0 atom stereocenters. The van der Waals surface area contributed by atoms with Crippen LogP contribution in [0.2, 0.25) is 0 Å². The summed E-state index contributed by atoms with van der Waals surface area (Å²) >= 11 is 0. The van der Waals surface area contributed by atoms with Gasteiger partial charge in [-0.1, -0.05) is 0 Å². The summed E-state index contributed by atoms with van der Waals surface area (Å²) in [6.45, 7) is 0. The van der Waals surface area contributed by atoms with Gasteiger partial charge in [-0.05, 0) is 0 Å². The molecular weight excluding hydrogens is 213 g/mol. The molecule has 0 unspecified atom stereocenters. The van der Waals surface area contributed by atoms with Crippen molar-refractivity contribution >= 4 is 27.6 Å². The summed E-state index contributed by atoms with van der Waals surface area (Å²) in [6.07, 6.45) is -5.53. The van der Waals surface area contributed by atoms with E-state index in [1.54, 1.807) is 0 Å². The van der Waals surface area contributed by atoms with Gasteiger partial charge in [0.2, 0.25) is 0 Å². The van der Waals surface area contributed by atoms with Crippen molar-refractivity contribution in [1.29, 1.82) is 0 Å². The Labute approximate surface area is 65.5 Å². The van der Waals surface area contributed by atoms with Crippen LogP contribution in [-0.2, 0) is 14.9 Å². The lowest BCUT2D eigenvalue weighted by molar-refractivity contribution is -0.162. The quantitative estimate of drug-likeness (QED) is 0.592. The second-order valence-corrected chi connectivity index (χ2v) is 2.58. The zero-order chi connectivity index (χ0) is 8.58. The Morgan fingerprint density at radius 3 is 1.55 bits per heavy atom. The molecule has 0 bridgehead atoms. The first-order valence-corrected chi connectivity index (χ1v) is 3.18. The van der Waals surface area contributed by atoms with E-state index in [-0.39, 0.29) is 12.4 Å². The van der Waals surface area contributed by atoms with Crippen LogP contribution in [0.1, 0.15) is 0 Å². The van der Waals surface area contributed by atoms with Crippen LogP contribution in [0.5, 0.6) is 0 Å². The van der Waals surface area contributed by atoms with E-state index in [9.17, 15) is 26.4 Å². The van der Waals surface area contributed by atoms with Crippen LogP contribution in [0.3, 0.4) is 0 Å². The van der Waals surface area contributed by atoms with E-state index in [1.165, 1.54) is 0 Å². The third-order valence-electron chi connectivity index (χ3n) is 0.466. The van der Waals surface area contributed by atoms with Gasteiger partial charge in [-0.15, -0.1) is 12.4 Å². The van der Waals surface area contributed by atoms with Crippen LogP contribution in [0.4, 0.5) is 13.2 Å². The second kappa shape index (κ2) is 3.37. The number of hydrogen-bond acceptors (Lipinski definition) is 3. The Kier molecular flexibility index (Phi) is 4.06. The number of halogens is 4. The lowest BCUT2D eigenvalue weighted by atomic mass is 10.8. The van der Waals surface area contributed by atoms with Gasteiger partial charge in [0.25, 0.3) is 0 Å². The zero-order valence-corrected chi connectivity index (χ0v) is 6.26. The van der Waals surface area contributed by atoms with Crippen molar-refractivity contribution < 1.29 is 30.9 Å². The lowest BCUT2D eigenvalue weighted by Gasteiger charge is -1.99. The van der Waals surface area contributed by atoms with Crippen LogP contribution >= 0.6 is 12.4 Å². The minimum absolute atomic E-state index is 0. The maximum Gasteiger partial charge on any atom is 0.468 e. The summed E-state index contributed by atoms with van der Waals surface area (Å²) in [5, 5.41) is -3.15. The van der Waals surface area contributed by atoms with Crippen molar-refractivity contribution in [3.8, 4) is 0 Å². The molecule has 0 saturated heterocycles. The molecule has 0 aromatic carbocycles. The summed E-state index contributed by atoms with van der Waals surface area (Å²) in [5.41, 5.74) is 0. The molecular formula is C2H2ClF3O4S. The Balaban J connectivity index is 0. The van der Waals surface area contributed by atoms with Crippen molar-refractivity contribution in [1.82, 2.24) is 0 Å². The normalized spacial score (nSPS) is 12.0. The molecule has 11 heavy (non-hydrogen) atoms. The number of carbonyl (C=O) groups excluding carboxylic acids is 1. The van der Waals surface area contributed by atoms with Crippen molar-refractivity contribution in [2.45, 2.75) is 6.18 Å². The van der Waals surface area contributed by atoms with E-state index in [2.05, 4.69) is 0 Å². The third-order valence-corrected chi connectivity index (χ3v) is 1.17. The molecule has 0 aromatic rings. The number of alkyl halides is 3. The minimum Gasteiger partial charge on any atom is -0.279 e. The zero-order valence-electron chi connectivity index (χ0n) is 4.62. The highest BCUT2D eigenvalue weighted by Gasteiger charge is 2.46.